The highest BCUT2D eigenvalue weighted by Crippen LogP contribution is 2.11. The first-order valence-electron chi connectivity index (χ1n) is 18.1. The van der Waals surface area contributed by atoms with Crippen molar-refractivity contribution in [3.8, 4) is 0 Å². The van der Waals surface area contributed by atoms with Crippen molar-refractivity contribution in [1.82, 2.24) is 0 Å². The summed E-state index contributed by atoms with van der Waals surface area (Å²) in [4.78, 5) is 24.3. The number of hydrogen-bond acceptors (Lipinski definition) is 4. The Labute approximate surface area is 277 Å². The Morgan fingerprint density at radius 3 is 1.34 bits per heavy atom. The van der Waals surface area contributed by atoms with Crippen molar-refractivity contribution in [2.24, 2.45) is 0 Å². The number of carbonyl (C=O) groups is 2. The molecule has 4 nitrogen and oxygen atoms in total. The maximum Gasteiger partial charge on any atom is 0.306 e. The fraction of sp³-hybridized carbons (Fsp3) is 0.744. The van der Waals surface area contributed by atoms with E-state index in [1.807, 2.05) is 0 Å². The Morgan fingerprint density at radius 2 is 0.909 bits per heavy atom. The fourth-order valence-electron chi connectivity index (χ4n) is 4.77. The van der Waals surface area contributed by atoms with Gasteiger partial charge < -0.3 is 9.47 Å². The molecule has 0 radical (unpaired) electrons. The van der Waals surface area contributed by atoms with Gasteiger partial charge in [0.2, 0.25) is 0 Å². The molecule has 0 N–H and O–H groups in total. The quantitative estimate of drug-likeness (QED) is 0.0319. The van der Waals surface area contributed by atoms with Gasteiger partial charge in [0.15, 0.2) is 0 Å². The van der Waals surface area contributed by atoms with Crippen LogP contribution in [0.3, 0.4) is 0 Å². The van der Waals surface area contributed by atoms with Gasteiger partial charge in [0.25, 0.3) is 0 Å². The van der Waals surface area contributed by atoms with E-state index in [0.29, 0.717) is 12.8 Å². The lowest BCUT2D eigenvalue weighted by molar-refractivity contribution is -0.157. The zero-order chi connectivity index (χ0) is 32.2. The minimum absolute atomic E-state index is 0.0382. The molecule has 0 unspecified atom stereocenters. The predicted molar refractivity (Wildman–Crippen MR) is 190 cm³/mol. The van der Waals surface area contributed by atoms with Crippen LogP contribution in [0.5, 0.6) is 0 Å². The number of alkyl halides is 1. The molecule has 0 aliphatic heterocycles. The van der Waals surface area contributed by atoms with Crippen LogP contribution >= 0.6 is 11.6 Å². The third-order valence-corrected chi connectivity index (χ3v) is 7.91. The van der Waals surface area contributed by atoms with Crippen LogP contribution in [0.1, 0.15) is 168 Å². The molecule has 0 rings (SSSR count). The van der Waals surface area contributed by atoms with Gasteiger partial charge in [-0.15, -0.1) is 11.6 Å². The van der Waals surface area contributed by atoms with Gasteiger partial charge >= 0.3 is 11.9 Å². The molecule has 0 bridgehead atoms. The van der Waals surface area contributed by atoms with E-state index in [1.165, 1.54) is 77.0 Å². The largest absolute Gasteiger partial charge is 0.462 e. The Morgan fingerprint density at radius 1 is 0.523 bits per heavy atom. The standard InChI is InChI=1S/C39H67ClO4/c1-3-5-7-9-11-13-15-17-19-21-23-25-27-29-31-33-38(41)43-36-37(35-40)44-39(42)34-32-30-28-26-24-22-20-18-16-14-12-10-8-6-4-2/h11-14,17-20,37H,3-10,15-16,21-36H2,1-2H3/b13-11-,14-12-,19-17-,20-18-/t37-/m0/s1. The number of allylic oxidation sites excluding steroid dienone is 8. The van der Waals surface area contributed by atoms with E-state index in [9.17, 15) is 9.59 Å². The average molecular weight is 635 g/mol. The van der Waals surface area contributed by atoms with Gasteiger partial charge in [0.1, 0.15) is 12.7 Å². The highest BCUT2D eigenvalue weighted by Gasteiger charge is 2.16. The van der Waals surface area contributed by atoms with Crippen LogP contribution in [-0.2, 0) is 19.1 Å². The second kappa shape index (κ2) is 35.7. The molecule has 0 aromatic rings. The van der Waals surface area contributed by atoms with E-state index >= 15 is 0 Å². The molecule has 5 heteroatoms. The minimum atomic E-state index is -0.573. The lowest BCUT2D eigenvalue weighted by Gasteiger charge is -2.15. The van der Waals surface area contributed by atoms with Gasteiger partial charge in [0.05, 0.1) is 5.88 Å². The first-order chi connectivity index (χ1) is 21.6. The van der Waals surface area contributed by atoms with Crippen LogP contribution < -0.4 is 0 Å². The smallest absolute Gasteiger partial charge is 0.306 e. The molecule has 0 aliphatic carbocycles. The third kappa shape index (κ3) is 33.1. The van der Waals surface area contributed by atoms with Crippen LogP contribution in [0.25, 0.3) is 0 Å². The lowest BCUT2D eigenvalue weighted by atomic mass is 10.1. The van der Waals surface area contributed by atoms with Crippen LogP contribution in [0.2, 0.25) is 0 Å². The van der Waals surface area contributed by atoms with E-state index in [-0.39, 0.29) is 24.4 Å². The summed E-state index contributed by atoms with van der Waals surface area (Å²) < 4.78 is 10.8. The van der Waals surface area contributed by atoms with E-state index in [2.05, 4.69) is 62.5 Å². The van der Waals surface area contributed by atoms with Crippen molar-refractivity contribution < 1.29 is 19.1 Å². The predicted octanol–water partition coefficient (Wildman–Crippen LogP) is 12.3. The zero-order valence-corrected chi connectivity index (χ0v) is 29.3. The van der Waals surface area contributed by atoms with E-state index in [1.54, 1.807) is 0 Å². The van der Waals surface area contributed by atoms with Gasteiger partial charge in [-0.3, -0.25) is 9.59 Å². The van der Waals surface area contributed by atoms with Crippen LogP contribution in [-0.4, -0.2) is 30.5 Å². The molecule has 1 atom stereocenters. The van der Waals surface area contributed by atoms with Crippen LogP contribution in [0.15, 0.2) is 48.6 Å². The lowest BCUT2D eigenvalue weighted by Crippen LogP contribution is -2.26. The number of unbranched alkanes of at least 4 members (excludes halogenated alkanes) is 16. The first-order valence-corrected chi connectivity index (χ1v) is 18.7. The third-order valence-electron chi connectivity index (χ3n) is 7.56. The molecule has 0 fully saturated rings. The summed E-state index contributed by atoms with van der Waals surface area (Å²) in [6.45, 7) is 4.51. The second-order valence-corrected chi connectivity index (χ2v) is 12.2. The maximum atomic E-state index is 12.2. The number of ether oxygens (including phenoxy) is 2. The summed E-state index contributed by atoms with van der Waals surface area (Å²) in [5.41, 5.74) is 0. The summed E-state index contributed by atoms with van der Waals surface area (Å²) in [6.07, 6.45) is 43.7. The molecular weight excluding hydrogens is 568 g/mol. The van der Waals surface area contributed by atoms with Crippen molar-refractivity contribution in [1.29, 1.82) is 0 Å². The van der Waals surface area contributed by atoms with E-state index in [0.717, 1.165) is 64.2 Å². The van der Waals surface area contributed by atoms with Gasteiger partial charge in [-0.1, -0.05) is 127 Å². The van der Waals surface area contributed by atoms with Crippen molar-refractivity contribution in [2.45, 2.75) is 174 Å². The number of esters is 2. The molecule has 44 heavy (non-hydrogen) atoms. The topological polar surface area (TPSA) is 52.6 Å². The molecule has 0 saturated carbocycles. The van der Waals surface area contributed by atoms with Crippen LogP contribution in [0, 0.1) is 0 Å². The minimum Gasteiger partial charge on any atom is -0.462 e. The van der Waals surface area contributed by atoms with E-state index < -0.39 is 6.10 Å². The molecule has 0 aromatic carbocycles. The molecule has 0 heterocycles. The number of halogens is 1. The molecule has 0 spiro atoms. The summed E-state index contributed by atoms with van der Waals surface area (Å²) in [5, 5.41) is 0. The average Bonchev–Trinajstić information content (AvgIpc) is 3.02. The summed E-state index contributed by atoms with van der Waals surface area (Å²) in [6, 6.07) is 0. The SMILES string of the molecule is CCCCC/C=C\C/C=C\CCCCCCCC(=O)OC[C@H](CCl)OC(=O)CCCCCCC/C=C\C/C=C\CCCCC. The first kappa shape index (κ1) is 42.2. The van der Waals surface area contributed by atoms with E-state index in [4.69, 9.17) is 21.1 Å². The Hall–Kier alpha value is -1.81. The molecule has 0 amide bonds. The Bertz CT molecular complexity index is 755. The normalized spacial score (nSPS) is 12.7. The molecule has 0 aromatic heterocycles. The summed E-state index contributed by atoms with van der Waals surface area (Å²) in [5.74, 6) is -0.369. The Balaban J connectivity index is 3.64. The van der Waals surface area contributed by atoms with Crippen molar-refractivity contribution >= 4 is 23.5 Å². The van der Waals surface area contributed by atoms with Gasteiger partial charge in [-0.2, -0.15) is 0 Å². The van der Waals surface area contributed by atoms with Crippen molar-refractivity contribution in [3.63, 3.8) is 0 Å². The number of rotatable bonds is 32. The maximum absolute atomic E-state index is 12.2. The highest BCUT2D eigenvalue weighted by atomic mass is 35.5. The van der Waals surface area contributed by atoms with Gasteiger partial charge in [-0.25, -0.2) is 0 Å². The number of carbonyl (C=O) groups excluding carboxylic acids is 2. The second-order valence-electron chi connectivity index (χ2n) is 11.9. The van der Waals surface area contributed by atoms with Crippen molar-refractivity contribution in [2.75, 3.05) is 12.5 Å². The Kier molecular flexibility index (Phi) is 34.2. The van der Waals surface area contributed by atoms with Crippen LogP contribution in [0.4, 0.5) is 0 Å². The fourth-order valence-corrected chi connectivity index (χ4v) is 4.93. The number of hydrogen-bond donors (Lipinski definition) is 0. The zero-order valence-electron chi connectivity index (χ0n) is 28.6. The van der Waals surface area contributed by atoms with Gasteiger partial charge in [-0.05, 0) is 77.0 Å². The monoisotopic (exact) mass is 634 g/mol. The molecule has 254 valence electrons. The highest BCUT2D eigenvalue weighted by molar-refractivity contribution is 6.18. The van der Waals surface area contributed by atoms with Crippen molar-refractivity contribution in [3.05, 3.63) is 48.6 Å². The molecular formula is C39H67ClO4. The summed E-state index contributed by atoms with van der Waals surface area (Å²) >= 11 is 5.95. The summed E-state index contributed by atoms with van der Waals surface area (Å²) in [7, 11) is 0. The molecule has 0 saturated heterocycles. The van der Waals surface area contributed by atoms with Gasteiger partial charge in [0, 0.05) is 12.8 Å². The molecule has 0 aliphatic rings.